The molecule has 4 aliphatic carbocycles. The molecule has 1 aromatic rings. The maximum Gasteiger partial charge on any atom is 0.192 e. The van der Waals surface area contributed by atoms with Crippen molar-refractivity contribution in [3.63, 3.8) is 0 Å². The van der Waals surface area contributed by atoms with Gasteiger partial charge in [0.25, 0.3) is 0 Å². The zero-order chi connectivity index (χ0) is 18.6. The Hall–Kier alpha value is -1.67. The highest BCUT2D eigenvalue weighted by Gasteiger charge is 2.51. The topological polar surface area (TPSA) is 26.3 Å². The fraction of sp³-hybridized carbons (Fsp3) is 0.560. The zero-order valence-corrected chi connectivity index (χ0v) is 16.6. The maximum atomic E-state index is 13.2. The molecule has 0 aliphatic heterocycles. The number of ketones is 1. The van der Waals surface area contributed by atoms with Crippen molar-refractivity contribution in [2.75, 3.05) is 7.11 Å². The Morgan fingerprint density at radius 2 is 1.89 bits per heavy atom. The molecular weight excluding hydrogens is 332 g/mol. The lowest BCUT2D eigenvalue weighted by Gasteiger charge is -2.48. The predicted octanol–water partition coefficient (Wildman–Crippen LogP) is 5.73. The lowest BCUT2D eigenvalue weighted by molar-refractivity contribution is -0.137. The summed E-state index contributed by atoms with van der Waals surface area (Å²) in [6.07, 6.45) is 11.7. The van der Waals surface area contributed by atoms with Gasteiger partial charge in [-0.1, -0.05) is 49.2 Å². The average molecular weight is 363 g/mol. The van der Waals surface area contributed by atoms with Gasteiger partial charge in [0.15, 0.2) is 11.4 Å². The van der Waals surface area contributed by atoms with Gasteiger partial charge in [0.1, 0.15) is 0 Å². The van der Waals surface area contributed by atoms with Gasteiger partial charge in [-0.05, 0) is 78.6 Å². The van der Waals surface area contributed by atoms with Crippen molar-refractivity contribution in [1.29, 1.82) is 0 Å². The quantitative estimate of drug-likeness (QED) is 0.671. The van der Waals surface area contributed by atoms with Crippen LogP contribution in [0.15, 0.2) is 53.1 Å². The van der Waals surface area contributed by atoms with Gasteiger partial charge in [-0.25, -0.2) is 0 Å². The SMILES string of the molecule is COC1(c2ccccc2)CC2=C3CC[C@]4(C)CCC[C@H]4[C@@H]3CCC2=CC1=O. The number of rotatable bonds is 2. The fourth-order valence-corrected chi connectivity index (χ4v) is 6.76. The first-order valence-corrected chi connectivity index (χ1v) is 10.7. The van der Waals surface area contributed by atoms with Gasteiger partial charge in [-0.15, -0.1) is 0 Å². The van der Waals surface area contributed by atoms with Crippen molar-refractivity contribution < 1.29 is 9.53 Å². The second-order valence-corrected chi connectivity index (χ2v) is 9.41. The molecule has 2 heteroatoms. The van der Waals surface area contributed by atoms with Crippen molar-refractivity contribution >= 4 is 5.78 Å². The third-order valence-corrected chi connectivity index (χ3v) is 8.27. The zero-order valence-electron chi connectivity index (χ0n) is 16.6. The standard InChI is InChI=1S/C25H30O2/c1-24-13-6-9-22(24)20-11-10-17-15-23(26)25(27-2,18-7-4-3-5-8-18)16-21(17)19(20)12-14-24/h3-5,7-8,15,20,22H,6,9-14,16H2,1-2H3/t20-,22+,24+,25?/m1/s1. The minimum Gasteiger partial charge on any atom is -0.365 e. The van der Waals surface area contributed by atoms with Crippen molar-refractivity contribution in [2.24, 2.45) is 17.3 Å². The van der Waals surface area contributed by atoms with Crippen LogP contribution in [0.25, 0.3) is 0 Å². The van der Waals surface area contributed by atoms with Crippen LogP contribution in [0.3, 0.4) is 0 Å². The van der Waals surface area contributed by atoms with E-state index >= 15 is 0 Å². The highest BCUT2D eigenvalue weighted by atomic mass is 16.5. The van der Waals surface area contributed by atoms with Gasteiger partial charge in [-0.2, -0.15) is 0 Å². The Labute approximate surface area is 162 Å². The van der Waals surface area contributed by atoms with Crippen molar-refractivity contribution in [3.05, 3.63) is 58.7 Å². The van der Waals surface area contributed by atoms with E-state index in [1.807, 2.05) is 36.4 Å². The number of carbonyl (C=O) groups excluding carboxylic acids is 1. The molecule has 5 rings (SSSR count). The van der Waals surface area contributed by atoms with Crippen LogP contribution in [-0.2, 0) is 15.1 Å². The van der Waals surface area contributed by atoms with Crippen molar-refractivity contribution in [2.45, 2.75) is 63.9 Å². The van der Waals surface area contributed by atoms with Crippen LogP contribution in [0.2, 0.25) is 0 Å². The molecular formula is C25H30O2. The van der Waals surface area contributed by atoms with Gasteiger partial charge in [0, 0.05) is 13.5 Å². The number of allylic oxidation sites excluding steroid dienone is 2. The van der Waals surface area contributed by atoms with Crippen LogP contribution in [-0.4, -0.2) is 12.9 Å². The van der Waals surface area contributed by atoms with E-state index in [0.29, 0.717) is 11.8 Å². The van der Waals surface area contributed by atoms with Crippen molar-refractivity contribution in [1.82, 2.24) is 0 Å². The third-order valence-electron chi connectivity index (χ3n) is 8.27. The van der Waals surface area contributed by atoms with E-state index in [2.05, 4.69) is 6.92 Å². The Morgan fingerprint density at radius 3 is 2.67 bits per heavy atom. The molecule has 1 unspecified atom stereocenters. The molecule has 0 radical (unpaired) electrons. The molecule has 142 valence electrons. The molecule has 4 atom stereocenters. The molecule has 2 fully saturated rings. The highest BCUT2D eigenvalue weighted by Crippen LogP contribution is 2.60. The number of fused-ring (bicyclic) bond motifs is 4. The normalized spacial score (nSPS) is 38.1. The molecule has 4 aliphatic rings. The van der Waals surface area contributed by atoms with Crippen molar-refractivity contribution in [3.8, 4) is 0 Å². The monoisotopic (exact) mass is 362 g/mol. The first-order chi connectivity index (χ1) is 13.1. The fourth-order valence-electron chi connectivity index (χ4n) is 6.76. The van der Waals surface area contributed by atoms with E-state index in [1.54, 1.807) is 12.7 Å². The molecule has 0 heterocycles. The predicted molar refractivity (Wildman–Crippen MR) is 107 cm³/mol. The summed E-state index contributed by atoms with van der Waals surface area (Å²) >= 11 is 0. The second-order valence-electron chi connectivity index (χ2n) is 9.41. The maximum absolute atomic E-state index is 13.2. The Balaban J connectivity index is 1.60. The van der Waals surface area contributed by atoms with Crippen LogP contribution >= 0.6 is 0 Å². The molecule has 2 saturated carbocycles. The average Bonchev–Trinajstić information content (AvgIpc) is 3.10. The molecule has 0 N–H and O–H groups in total. The van der Waals surface area contributed by atoms with Gasteiger partial charge >= 0.3 is 0 Å². The second kappa shape index (κ2) is 6.17. The van der Waals surface area contributed by atoms with Crippen LogP contribution in [0.1, 0.15) is 63.9 Å². The molecule has 0 amide bonds. The van der Waals surface area contributed by atoms with E-state index in [9.17, 15) is 4.79 Å². The van der Waals surface area contributed by atoms with E-state index in [-0.39, 0.29) is 5.78 Å². The number of hydrogen-bond acceptors (Lipinski definition) is 2. The number of ether oxygens (including phenoxy) is 1. The van der Waals surface area contributed by atoms with Crippen LogP contribution in [0.4, 0.5) is 0 Å². The van der Waals surface area contributed by atoms with Gasteiger partial charge in [0.05, 0.1) is 0 Å². The molecule has 27 heavy (non-hydrogen) atoms. The summed E-state index contributed by atoms with van der Waals surface area (Å²) in [5.74, 6) is 1.70. The first kappa shape index (κ1) is 17.4. The first-order valence-electron chi connectivity index (χ1n) is 10.7. The number of carbonyl (C=O) groups is 1. The van der Waals surface area contributed by atoms with Gasteiger partial charge < -0.3 is 4.74 Å². The summed E-state index contributed by atoms with van der Waals surface area (Å²) in [6.45, 7) is 2.53. The largest absolute Gasteiger partial charge is 0.365 e. The molecule has 0 bridgehead atoms. The molecule has 0 saturated heterocycles. The molecule has 0 spiro atoms. The van der Waals surface area contributed by atoms with E-state index in [4.69, 9.17) is 4.74 Å². The third kappa shape index (κ3) is 2.45. The van der Waals surface area contributed by atoms with E-state index < -0.39 is 5.60 Å². The van der Waals surface area contributed by atoms with Crippen LogP contribution in [0.5, 0.6) is 0 Å². The lowest BCUT2D eigenvalue weighted by atomic mass is 9.57. The Kier molecular flexibility index (Phi) is 3.98. The lowest BCUT2D eigenvalue weighted by Crippen LogP contribution is -2.43. The Morgan fingerprint density at radius 1 is 1.07 bits per heavy atom. The Bertz CT molecular complexity index is 833. The summed E-state index contributed by atoms with van der Waals surface area (Å²) in [5, 5.41) is 0. The molecule has 2 nitrogen and oxygen atoms in total. The number of methoxy groups -OCH3 is 1. The molecule has 0 aromatic heterocycles. The van der Waals surface area contributed by atoms with Crippen LogP contribution < -0.4 is 0 Å². The smallest absolute Gasteiger partial charge is 0.192 e. The summed E-state index contributed by atoms with van der Waals surface area (Å²) in [5.41, 5.74) is 5.14. The minimum absolute atomic E-state index is 0.121. The van der Waals surface area contributed by atoms with E-state index in [0.717, 1.165) is 23.8 Å². The summed E-state index contributed by atoms with van der Waals surface area (Å²) < 4.78 is 5.98. The number of hydrogen-bond donors (Lipinski definition) is 0. The summed E-state index contributed by atoms with van der Waals surface area (Å²) in [6, 6.07) is 10.1. The minimum atomic E-state index is -0.842. The highest BCUT2D eigenvalue weighted by molar-refractivity contribution is 6.01. The number of benzene rings is 1. The van der Waals surface area contributed by atoms with Gasteiger partial charge in [-0.3, -0.25) is 4.79 Å². The van der Waals surface area contributed by atoms with E-state index in [1.165, 1.54) is 49.7 Å². The van der Waals surface area contributed by atoms with Gasteiger partial charge in [0.2, 0.25) is 0 Å². The summed E-state index contributed by atoms with van der Waals surface area (Å²) in [7, 11) is 1.70. The molecule has 1 aromatic carbocycles. The van der Waals surface area contributed by atoms with Crippen LogP contribution in [0, 0.1) is 17.3 Å². The summed E-state index contributed by atoms with van der Waals surface area (Å²) in [4.78, 5) is 13.2.